The fourth-order valence-corrected chi connectivity index (χ4v) is 4.87. The Morgan fingerprint density at radius 3 is 2.61 bits per heavy atom. The zero-order valence-electron chi connectivity index (χ0n) is 15.9. The van der Waals surface area contributed by atoms with Crippen LogP contribution in [-0.4, -0.2) is 34.3 Å². The Balaban J connectivity index is 1.68. The van der Waals surface area contributed by atoms with Gasteiger partial charge in [-0.2, -0.15) is 0 Å². The van der Waals surface area contributed by atoms with Gasteiger partial charge in [-0.15, -0.1) is 0 Å². The van der Waals surface area contributed by atoms with E-state index in [1.807, 2.05) is 6.92 Å². The summed E-state index contributed by atoms with van der Waals surface area (Å²) >= 11 is 0. The monoisotopic (exact) mass is 385 g/mol. The third-order valence-electron chi connectivity index (χ3n) is 6.77. The predicted molar refractivity (Wildman–Crippen MR) is 105 cm³/mol. The van der Waals surface area contributed by atoms with Crippen molar-refractivity contribution in [2.45, 2.75) is 50.6 Å². The molecule has 28 heavy (non-hydrogen) atoms. The number of aryl methyl sites for hydroxylation is 1. The van der Waals surface area contributed by atoms with Crippen LogP contribution in [0.15, 0.2) is 16.9 Å². The number of fused-ring (bicyclic) bond motifs is 1. The lowest BCUT2D eigenvalue weighted by atomic mass is 9.97. The van der Waals surface area contributed by atoms with E-state index >= 15 is 4.39 Å². The highest BCUT2D eigenvalue weighted by molar-refractivity contribution is 5.95. The van der Waals surface area contributed by atoms with Crippen LogP contribution in [0.4, 0.5) is 10.1 Å². The smallest absolute Gasteiger partial charge is 0.341 e. The van der Waals surface area contributed by atoms with E-state index in [1.165, 1.54) is 12.1 Å². The van der Waals surface area contributed by atoms with Gasteiger partial charge in [0.1, 0.15) is 11.4 Å². The number of carbonyl (C=O) groups is 1. The summed E-state index contributed by atoms with van der Waals surface area (Å²) in [4.78, 5) is 26.4. The van der Waals surface area contributed by atoms with Crippen molar-refractivity contribution < 1.29 is 14.3 Å². The van der Waals surface area contributed by atoms with Crippen molar-refractivity contribution in [3.05, 3.63) is 39.4 Å². The Hall–Kier alpha value is -2.41. The number of pyridine rings is 1. The molecule has 3 fully saturated rings. The van der Waals surface area contributed by atoms with Crippen LogP contribution in [0.3, 0.4) is 0 Å². The number of anilines is 1. The number of carboxylic acid groups (broad SMARTS) is 1. The number of halogens is 1. The third-order valence-corrected chi connectivity index (χ3v) is 6.77. The number of rotatable bonds is 4. The lowest BCUT2D eigenvalue weighted by Crippen LogP contribution is -2.35. The topological polar surface area (TPSA) is 88.6 Å². The summed E-state index contributed by atoms with van der Waals surface area (Å²) in [5.74, 6) is -1.28. The van der Waals surface area contributed by atoms with Crippen LogP contribution in [0.25, 0.3) is 10.9 Å². The largest absolute Gasteiger partial charge is 0.477 e. The van der Waals surface area contributed by atoms with Crippen LogP contribution in [0, 0.1) is 18.7 Å². The average molecular weight is 385 g/mol. The van der Waals surface area contributed by atoms with E-state index in [1.54, 1.807) is 4.57 Å². The molecule has 6 nitrogen and oxygen atoms in total. The summed E-state index contributed by atoms with van der Waals surface area (Å²) in [6, 6.07) is 2.69. The van der Waals surface area contributed by atoms with Gasteiger partial charge in [0.05, 0.1) is 11.2 Å². The molecule has 5 rings (SSSR count). The van der Waals surface area contributed by atoms with Crippen molar-refractivity contribution in [2.75, 3.05) is 18.0 Å². The number of hydrogen-bond donors (Lipinski definition) is 2. The molecule has 2 heterocycles. The van der Waals surface area contributed by atoms with Crippen molar-refractivity contribution in [3.8, 4) is 0 Å². The predicted octanol–water partition coefficient (Wildman–Crippen LogP) is 2.80. The molecular weight excluding hydrogens is 361 g/mol. The molecule has 0 spiro atoms. The second-order valence-electron chi connectivity index (χ2n) is 8.70. The van der Waals surface area contributed by atoms with E-state index < -0.39 is 11.5 Å². The van der Waals surface area contributed by atoms with Gasteiger partial charge < -0.3 is 20.3 Å². The third kappa shape index (κ3) is 2.56. The summed E-state index contributed by atoms with van der Waals surface area (Å²) in [6.45, 7) is 3.30. The molecule has 0 radical (unpaired) electrons. The van der Waals surface area contributed by atoms with Crippen molar-refractivity contribution in [1.82, 2.24) is 4.57 Å². The number of aromatic carboxylic acids is 1. The summed E-state index contributed by atoms with van der Waals surface area (Å²) < 4.78 is 16.7. The molecule has 2 saturated carbocycles. The number of nitrogens with two attached hydrogens (primary N) is 1. The van der Waals surface area contributed by atoms with Gasteiger partial charge in [-0.05, 0) is 62.6 Å². The fourth-order valence-electron chi connectivity index (χ4n) is 4.87. The van der Waals surface area contributed by atoms with Gasteiger partial charge in [0, 0.05) is 30.1 Å². The number of carboxylic acids is 1. The van der Waals surface area contributed by atoms with E-state index in [-0.39, 0.29) is 23.0 Å². The Morgan fingerprint density at radius 2 is 2.00 bits per heavy atom. The zero-order valence-corrected chi connectivity index (χ0v) is 15.9. The average Bonchev–Trinajstić information content (AvgIpc) is 3.55. The Kier molecular flexibility index (Phi) is 3.66. The van der Waals surface area contributed by atoms with Gasteiger partial charge in [-0.3, -0.25) is 4.79 Å². The van der Waals surface area contributed by atoms with Crippen LogP contribution >= 0.6 is 0 Å². The highest BCUT2D eigenvalue weighted by Gasteiger charge is 2.48. The molecule has 1 aromatic heterocycles. The summed E-state index contributed by atoms with van der Waals surface area (Å²) in [7, 11) is 0. The fraction of sp³-hybridized carbons (Fsp3) is 0.524. The Morgan fingerprint density at radius 1 is 1.29 bits per heavy atom. The van der Waals surface area contributed by atoms with Crippen LogP contribution in [0.2, 0.25) is 0 Å². The number of aromatic nitrogens is 1. The van der Waals surface area contributed by atoms with Crippen molar-refractivity contribution in [3.63, 3.8) is 0 Å². The van der Waals surface area contributed by atoms with Gasteiger partial charge in [-0.25, -0.2) is 9.18 Å². The number of hydrogen-bond acceptors (Lipinski definition) is 4. The molecule has 0 bridgehead atoms. The summed E-state index contributed by atoms with van der Waals surface area (Å²) in [5, 5.41) is 9.87. The molecule has 7 heteroatoms. The first-order valence-corrected chi connectivity index (χ1v) is 9.95. The molecule has 1 atom stereocenters. The minimum absolute atomic E-state index is 0.00332. The molecule has 1 aromatic carbocycles. The quantitative estimate of drug-likeness (QED) is 0.845. The van der Waals surface area contributed by atoms with E-state index in [9.17, 15) is 14.7 Å². The van der Waals surface area contributed by atoms with Crippen LogP contribution in [-0.2, 0) is 0 Å². The van der Waals surface area contributed by atoms with Crippen LogP contribution < -0.4 is 16.2 Å². The normalized spacial score (nSPS) is 23.4. The molecule has 1 saturated heterocycles. The first-order chi connectivity index (χ1) is 13.3. The maximum Gasteiger partial charge on any atom is 0.341 e. The van der Waals surface area contributed by atoms with Crippen LogP contribution in [0.1, 0.15) is 54.1 Å². The zero-order chi connectivity index (χ0) is 19.8. The second-order valence-corrected chi connectivity index (χ2v) is 8.70. The molecule has 1 aliphatic heterocycles. The Labute approximate surface area is 161 Å². The standard InChI is InChI=1S/C21H24FN3O3/c1-11-17-12(8-15(20(27)28)19(26)25(17)14-2-3-14)9-16(22)18(11)24-7-4-13(10-24)21(23)5-6-21/h8-9,13-14H,2-7,10,23H2,1H3,(H,27,28). The van der Waals surface area contributed by atoms with E-state index in [2.05, 4.69) is 4.90 Å². The van der Waals surface area contributed by atoms with Crippen LogP contribution in [0.5, 0.6) is 0 Å². The van der Waals surface area contributed by atoms with Gasteiger partial charge in [-0.1, -0.05) is 0 Å². The van der Waals surface area contributed by atoms with E-state index in [0.29, 0.717) is 28.1 Å². The summed E-state index contributed by atoms with van der Waals surface area (Å²) in [5.41, 5.74) is 7.37. The van der Waals surface area contributed by atoms with Gasteiger partial charge in [0.25, 0.3) is 5.56 Å². The van der Waals surface area contributed by atoms with Gasteiger partial charge >= 0.3 is 5.97 Å². The maximum absolute atomic E-state index is 15.1. The molecule has 2 aromatic rings. The molecule has 2 aliphatic carbocycles. The summed E-state index contributed by atoms with van der Waals surface area (Å²) in [6.07, 6.45) is 4.69. The minimum Gasteiger partial charge on any atom is -0.477 e. The molecule has 148 valence electrons. The molecule has 1 unspecified atom stereocenters. The highest BCUT2D eigenvalue weighted by atomic mass is 19.1. The number of benzene rings is 1. The first kappa shape index (κ1) is 17.7. The SMILES string of the molecule is Cc1c(N2CCC(C3(N)CC3)C2)c(F)cc2cc(C(=O)O)c(=O)n(C3CC3)c12. The lowest BCUT2D eigenvalue weighted by Gasteiger charge is -2.25. The Bertz CT molecular complexity index is 1070. The van der Waals surface area contributed by atoms with E-state index in [4.69, 9.17) is 5.73 Å². The highest BCUT2D eigenvalue weighted by Crippen LogP contribution is 2.46. The lowest BCUT2D eigenvalue weighted by molar-refractivity contribution is 0.0694. The number of nitrogens with zero attached hydrogens (tertiary/aromatic N) is 2. The molecular formula is C21H24FN3O3. The van der Waals surface area contributed by atoms with Gasteiger partial charge in [0.2, 0.25) is 0 Å². The molecule has 3 aliphatic rings. The first-order valence-electron chi connectivity index (χ1n) is 9.95. The molecule has 3 N–H and O–H groups in total. The second kappa shape index (κ2) is 5.80. The van der Waals surface area contributed by atoms with Gasteiger partial charge in [0.15, 0.2) is 0 Å². The van der Waals surface area contributed by atoms with Crippen molar-refractivity contribution in [1.29, 1.82) is 0 Å². The van der Waals surface area contributed by atoms with Crippen molar-refractivity contribution >= 4 is 22.6 Å². The van der Waals surface area contributed by atoms with E-state index in [0.717, 1.165) is 45.2 Å². The molecule has 0 amide bonds. The van der Waals surface area contributed by atoms with Crippen molar-refractivity contribution in [2.24, 2.45) is 11.7 Å². The maximum atomic E-state index is 15.1. The minimum atomic E-state index is -1.27.